The van der Waals surface area contributed by atoms with Crippen molar-refractivity contribution >= 4 is 54.8 Å². The number of hydrogen-bond donors (Lipinski definition) is 2. The number of carbonyl (C=O) groups is 1. The highest BCUT2D eigenvalue weighted by Crippen LogP contribution is 2.30. The highest BCUT2D eigenvalue weighted by molar-refractivity contribution is 7.89. The molecule has 0 saturated carbocycles. The lowest BCUT2D eigenvalue weighted by Gasteiger charge is -2.30. The van der Waals surface area contributed by atoms with Crippen LogP contribution in [0.15, 0.2) is 41.3 Å². The van der Waals surface area contributed by atoms with Gasteiger partial charge in [0.2, 0.25) is 26.0 Å². The first kappa shape index (κ1) is 28.7. The largest absolute Gasteiger partial charge is 0.495 e. The number of nitrogens with one attached hydrogen (secondary N) is 2. The number of hydrogen-bond acceptors (Lipinski definition) is 6. The van der Waals surface area contributed by atoms with Gasteiger partial charge in [0.1, 0.15) is 5.75 Å². The summed E-state index contributed by atoms with van der Waals surface area (Å²) in [6, 6.07) is 8.62. The molecule has 198 valence electrons. The predicted octanol–water partition coefficient (Wildman–Crippen LogP) is 3.87. The molecule has 0 atom stereocenters. The fourth-order valence-corrected chi connectivity index (χ4v) is 7.04. The molecule has 9 nitrogen and oxygen atoms in total. The van der Waals surface area contributed by atoms with E-state index in [2.05, 4.69) is 10.0 Å². The smallest absolute Gasteiger partial charge is 0.240 e. The van der Waals surface area contributed by atoms with Gasteiger partial charge in [0, 0.05) is 25.0 Å². The number of piperidine rings is 1. The van der Waals surface area contributed by atoms with E-state index in [0.717, 1.165) is 0 Å². The van der Waals surface area contributed by atoms with E-state index in [0.29, 0.717) is 29.2 Å². The lowest BCUT2D eigenvalue weighted by atomic mass is 9.97. The Labute approximate surface area is 222 Å². The minimum Gasteiger partial charge on any atom is -0.495 e. The summed E-state index contributed by atoms with van der Waals surface area (Å²) in [5.41, 5.74) is 0.752. The van der Waals surface area contributed by atoms with E-state index >= 15 is 0 Å². The van der Waals surface area contributed by atoms with Crippen LogP contribution in [-0.2, 0) is 30.6 Å². The first-order chi connectivity index (χ1) is 16.8. The molecule has 0 bridgehead atoms. The zero-order chi connectivity index (χ0) is 26.7. The van der Waals surface area contributed by atoms with Crippen molar-refractivity contribution in [3.8, 4) is 5.75 Å². The molecule has 0 radical (unpaired) electrons. The Kier molecular flexibility index (Phi) is 9.29. The van der Waals surface area contributed by atoms with Crippen LogP contribution in [0.1, 0.15) is 32.3 Å². The third-order valence-corrected chi connectivity index (χ3v) is 9.93. The minimum atomic E-state index is -3.77. The van der Waals surface area contributed by atoms with Crippen molar-refractivity contribution in [3.05, 3.63) is 52.0 Å². The van der Waals surface area contributed by atoms with Gasteiger partial charge in [-0.3, -0.25) is 4.79 Å². The molecule has 1 aliphatic rings. The van der Waals surface area contributed by atoms with Crippen molar-refractivity contribution in [1.82, 2.24) is 9.03 Å². The van der Waals surface area contributed by atoms with Crippen molar-refractivity contribution in [2.75, 3.05) is 25.5 Å². The van der Waals surface area contributed by atoms with Crippen LogP contribution >= 0.6 is 23.2 Å². The number of rotatable bonds is 9. The second-order valence-corrected chi connectivity index (χ2v) is 13.3. The molecular formula is C23H29Cl2N3O6S2. The Morgan fingerprint density at radius 1 is 1.06 bits per heavy atom. The molecule has 1 fully saturated rings. The van der Waals surface area contributed by atoms with Gasteiger partial charge in [-0.1, -0.05) is 29.3 Å². The van der Waals surface area contributed by atoms with Crippen molar-refractivity contribution in [1.29, 1.82) is 0 Å². The molecule has 0 aromatic heterocycles. The van der Waals surface area contributed by atoms with Gasteiger partial charge in [0.15, 0.2) is 0 Å². The van der Waals surface area contributed by atoms with Gasteiger partial charge in [0.05, 0.1) is 33.5 Å². The zero-order valence-corrected chi connectivity index (χ0v) is 23.3. The van der Waals surface area contributed by atoms with Crippen LogP contribution in [0.25, 0.3) is 0 Å². The molecule has 3 rings (SSSR count). The highest BCUT2D eigenvalue weighted by Gasteiger charge is 2.32. The highest BCUT2D eigenvalue weighted by atomic mass is 35.5. The molecule has 0 spiro atoms. The SMILES string of the molecule is COc1ccc(S(=O)(=O)NC(C)C)cc1NC(=O)C1CCN(S(=O)(=O)Cc2ccc(Cl)c(Cl)c2)CC1. The van der Waals surface area contributed by atoms with Crippen molar-refractivity contribution in [2.45, 2.75) is 43.4 Å². The lowest BCUT2D eigenvalue weighted by molar-refractivity contribution is -0.120. The summed E-state index contributed by atoms with van der Waals surface area (Å²) in [4.78, 5) is 13.0. The summed E-state index contributed by atoms with van der Waals surface area (Å²) < 4.78 is 60.0. The van der Waals surface area contributed by atoms with Gasteiger partial charge in [-0.15, -0.1) is 0 Å². The number of halogens is 2. The van der Waals surface area contributed by atoms with Crippen LogP contribution < -0.4 is 14.8 Å². The van der Waals surface area contributed by atoms with Crippen LogP contribution in [0.3, 0.4) is 0 Å². The van der Waals surface area contributed by atoms with Crippen molar-refractivity contribution in [2.24, 2.45) is 5.92 Å². The maximum absolute atomic E-state index is 13.0. The van der Waals surface area contributed by atoms with E-state index < -0.39 is 26.0 Å². The summed E-state index contributed by atoms with van der Waals surface area (Å²) in [5, 5.41) is 3.38. The third-order valence-electron chi connectivity index (χ3n) is 5.68. The van der Waals surface area contributed by atoms with E-state index in [4.69, 9.17) is 27.9 Å². The van der Waals surface area contributed by atoms with E-state index in [1.807, 2.05) is 0 Å². The topological polar surface area (TPSA) is 122 Å². The molecule has 1 amide bonds. The molecule has 0 unspecified atom stereocenters. The Bertz CT molecular complexity index is 1330. The minimum absolute atomic E-state index is 0.00415. The second-order valence-electron chi connectivity index (χ2n) is 8.81. The van der Waals surface area contributed by atoms with Gasteiger partial charge in [-0.05, 0) is 62.6 Å². The Balaban J connectivity index is 1.66. The van der Waals surface area contributed by atoms with Crippen LogP contribution in [0, 0.1) is 5.92 Å². The van der Waals surface area contributed by atoms with Gasteiger partial charge in [-0.2, -0.15) is 0 Å². The van der Waals surface area contributed by atoms with Crippen LogP contribution in [0.5, 0.6) is 5.75 Å². The molecule has 13 heteroatoms. The number of carbonyl (C=O) groups excluding carboxylic acids is 1. The molecule has 1 saturated heterocycles. The first-order valence-electron chi connectivity index (χ1n) is 11.3. The van der Waals surface area contributed by atoms with E-state index in [-0.39, 0.29) is 46.4 Å². The monoisotopic (exact) mass is 577 g/mol. The number of amides is 1. The quantitative estimate of drug-likeness (QED) is 0.466. The fraction of sp³-hybridized carbons (Fsp3) is 0.435. The summed E-state index contributed by atoms with van der Waals surface area (Å²) >= 11 is 11.9. The molecular weight excluding hydrogens is 549 g/mol. The van der Waals surface area contributed by atoms with Crippen LogP contribution in [0.4, 0.5) is 5.69 Å². The number of nitrogens with zero attached hydrogens (tertiary/aromatic N) is 1. The summed E-state index contributed by atoms with van der Waals surface area (Å²) in [7, 11) is -5.96. The zero-order valence-electron chi connectivity index (χ0n) is 20.1. The van der Waals surface area contributed by atoms with E-state index in [9.17, 15) is 21.6 Å². The van der Waals surface area contributed by atoms with Crippen LogP contribution in [0.2, 0.25) is 10.0 Å². The number of sulfonamides is 2. The first-order valence-corrected chi connectivity index (χ1v) is 15.1. The summed E-state index contributed by atoms with van der Waals surface area (Å²) in [5.74, 6) is -0.682. The third kappa shape index (κ3) is 7.11. The van der Waals surface area contributed by atoms with Crippen molar-refractivity contribution < 1.29 is 26.4 Å². The predicted molar refractivity (Wildman–Crippen MR) is 140 cm³/mol. The summed E-state index contributed by atoms with van der Waals surface area (Å²) in [6.07, 6.45) is 0.642. The van der Waals surface area contributed by atoms with Crippen molar-refractivity contribution in [3.63, 3.8) is 0 Å². The van der Waals surface area contributed by atoms with Gasteiger partial charge < -0.3 is 10.1 Å². The fourth-order valence-electron chi connectivity index (χ4n) is 3.89. The molecule has 2 N–H and O–H groups in total. The summed E-state index contributed by atoms with van der Waals surface area (Å²) in [6.45, 7) is 3.79. The number of ether oxygens (including phenoxy) is 1. The maximum atomic E-state index is 13.0. The van der Waals surface area contributed by atoms with Gasteiger partial charge in [-0.25, -0.2) is 25.9 Å². The Hall–Kier alpha value is -1.89. The van der Waals surface area contributed by atoms with Crippen LogP contribution in [-0.4, -0.2) is 53.3 Å². The van der Waals surface area contributed by atoms with E-state index in [1.54, 1.807) is 26.0 Å². The van der Waals surface area contributed by atoms with E-state index in [1.165, 1.54) is 35.7 Å². The number of methoxy groups -OCH3 is 1. The Morgan fingerprint density at radius 3 is 2.31 bits per heavy atom. The molecule has 2 aromatic rings. The number of anilines is 1. The normalized spacial score (nSPS) is 15.7. The molecule has 1 aliphatic heterocycles. The maximum Gasteiger partial charge on any atom is 0.240 e. The molecule has 2 aromatic carbocycles. The molecule has 0 aliphatic carbocycles. The standard InChI is InChI=1S/C23H29Cl2N3O6S2/c1-15(2)27-36(32,33)18-5-7-22(34-3)21(13-18)26-23(29)17-8-10-28(11-9-17)35(30,31)14-16-4-6-19(24)20(25)12-16/h4-7,12-13,15,17,27H,8-11,14H2,1-3H3,(H,26,29). The van der Waals surface area contributed by atoms with Gasteiger partial charge in [0.25, 0.3) is 0 Å². The molecule has 1 heterocycles. The average molecular weight is 579 g/mol. The van der Waals surface area contributed by atoms with Gasteiger partial charge >= 0.3 is 0 Å². The second kappa shape index (κ2) is 11.7. The Morgan fingerprint density at radius 2 is 1.72 bits per heavy atom. The average Bonchev–Trinajstić information content (AvgIpc) is 2.80. The molecule has 36 heavy (non-hydrogen) atoms. The lowest BCUT2D eigenvalue weighted by Crippen LogP contribution is -2.41. The number of benzene rings is 2.